The fraction of sp³-hybridized carbons (Fsp3) is 0.407. The summed E-state index contributed by atoms with van der Waals surface area (Å²) in [5, 5.41) is 0. The molecule has 1 aromatic carbocycles. The second-order valence-electron chi connectivity index (χ2n) is 9.38. The zero-order valence-electron chi connectivity index (χ0n) is 21.9. The van der Waals surface area contributed by atoms with Crippen LogP contribution in [0.2, 0.25) is 0 Å². The summed E-state index contributed by atoms with van der Waals surface area (Å²) in [4.78, 5) is 21.8. The molecule has 4 rings (SSSR count). The lowest BCUT2D eigenvalue weighted by Gasteiger charge is -2.28. The van der Waals surface area contributed by atoms with Crippen LogP contribution in [0.3, 0.4) is 0 Å². The van der Waals surface area contributed by atoms with Crippen LogP contribution in [-0.2, 0) is 17.3 Å². The first-order valence-corrected chi connectivity index (χ1v) is 12.8. The molecule has 1 aliphatic heterocycles. The molecule has 1 fully saturated rings. The number of halogens is 3. The number of rotatable bonds is 10. The molecule has 9 nitrogen and oxygen atoms in total. The summed E-state index contributed by atoms with van der Waals surface area (Å²) in [6, 6.07) is 10.2. The molecule has 1 aliphatic rings. The molecule has 0 aliphatic carbocycles. The van der Waals surface area contributed by atoms with Crippen LogP contribution in [0.5, 0.6) is 0 Å². The van der Waals surface area contributed by atoms with Gasteiger partial charge in [-0.1, -0.05) is 18.2 Å². The van der Waals surface area contributed by atoms with Crippen molar-refractivity contribution in [3.8, 4) is 11.4 Å². The molecule has 0 bridgehead atoms. The van der Waals surface area contributed by atoms with Crippen molar-refractivity contribution in [3.63, 3.8) is 0 Å². The third-order valence-corrected chi connectivity index (χ3v) is 6.46. The predicted molar refractivity (Wildman–Crippen MR) is 145 cm³/mol. The molecule has 3 aromatic rings. The number of ether oxygens (including phenoxy) is 1. The highest BCUT2D eigenvalue weighted by atomic mass is 19.4. The minimum absolute atomic E-state index is 0.0585. The summed E-state index contributed by atoms with van der Waals surface area (Å²) in [7, 11) is 2.06. The number of benzene rings is 1. The Morgan fingerprint density at radius 2 is 1.87 bits per heavy atom. The zero-order valence-corrected chi connectivity index (χ0v) is 21.9. The van der Waals surface area contributed by atoms with Crippen molar-refractivity contribution in [1.29, 1.82) is 0 Å². The Hall–Kier alpha value is -3.61. The average molecular weight is 543 g/mol. The third-order valence-electron chi connectivity index (χ3n) is 6.46. The van der Waals surface area contributed by atoms with Crippen LogP contribution < -0.4 is 11.5 Å². The standard InChI is InChI=1S/C27H33F3N8O/c1-37(12-13-38-14-16-39-17-15-38)11-5-6-19-18-23(35-25(32)21-8-4-10-33-24(21)31)36-26(34-19)20-7-2-3-9-22(20)27(28,29)30/h2-4,7-10,18H,5-6,11-17H2,1H3,(H2,31,33)(H2,32,34,35,36). The summed E-state index contributed by atoms with van der Waals surface area (Å²) in [5.74, 6) is 0.333. The number of alkyl halides is 3. The number of aryl methyl sites for hydroxylation is 1. The van der Waals surface area contributed by atoms with Gasteiger partial charge in [-0.2, -0.15) is 13.2 Å². The van der Waals surface area contributed by atoms with Gasteiger partial charge in [-0.15, -0.1) is 0 Å². The number of anilines is 1. The highest BCUT2D eigenvalue weighted by Crippen LogP contribution is 2.36. The van der Waals surface area contributed by atoms with E-state index in [0.29, 0.717) is 17.7 Å². The maximum Gasteiger partial charge on any atom is 0.417 e. The summed E-state index contributed by atoms with van der Waals surface area (Å²) in [6.07, 6.45) is -1.75. The molecule has 0 radical (unpaired) electrons. The van der Waals surface area contributed by atoms with Gasteiger partial charge in [-0.05, 0) is 44.6 Å². The Labute approximate surface area is 225 Å². The summed E-state index contributed by atoms with van der Waals surface area (Å²) >= 11 is 0. The molecule has 3 heterocycles. The minimum atomic E-state index is -4.56. The maximum absolute atomic E-state index is 13.8. The number of likely N-dealkylation sites (N-methyl/N-ethyl adjacent to an activating group) is 1. The molecule has 39 heavy (non-hydrogen) atoms. The number of amidine groups is 1. The molecular weight excluding hydrogens is 509 g/mol. The Morgan fingerprint density at radius 1 is 1.10 bits per heavy atom. The van der Waals surface area contributed by atoms with Crippen molar-refractivity contribution in [2.24, 2.45) is 10.7 Å². The second kappa shape index (κ2) is 13.0. The first-order chi connectivity index (χ1) is 18.7. The monoisotopic (exact) mass is 542 g/mol. The lowest BCUT2D eigenvalue weighted by atomic mass is 10.1. The SMILES string of the molecule is CN(CCCc1cc(N=C(N)c2cccnc2N)nc(-c2ccccc2C(F)(F)F)n1)CCN1CCOCC1. The molecule has 2 aromatic heterocycles. The summed E-state index contributed by atoms with van der Waals surface area (Å²) in [6.45, 7) is 6.08. The van der Waals surface area contributed by atoms with E-state index in [1.54, 1.807) is 18.2 Å². The molecule has 12 heteroatoms. The third kappa shape index (κ3) is 7.94. The summed E-state index contributed by atoms with van der Waals surface area (Å²) in [5.41, 5.74) is 12.1. The number of aromatic nitrogens is 3. The predicted octanol–water partition coefficient (Wildman–Crippen LogP) is 3.37. The topological polar surface area (TPSA) is 119 Å². The van der Waals surface area contributed by atoms with E-state index in [4.69, 9.17) is 16.2 Å². The molecule has 0 amide bonds. The molecule has 0 atom stereocenters. The van der Waals surface area contributed by atoms with Gasteiger partial charge in [0, 0.05) is 49.7 Å². The van der Waals surface area contributed by atoms with E-state index >= 15 is 0 Å². The van der Waals surface area contributed by atoms with Crippen molar-refractivity contribution in [2.45, 2.75) is 19.0 Å². The molecule has 1 saturated heterocycles. The maximum atomic E-state index is 13.8. The number of nitrogens with two attached hydrogens (primary N) is 2. The Balaban J connectivity index is 1.56. The van der Waals surface area contributed by atoms with Gasteiger partial charge < -0.3 is 21.1 Å². The minimum Gasteiger partial charge on any atom is -0.383 e. The average Bonchev–Trinajstić information content (AvgIpc) is 2.92. The van der Waals surface area contributed by atoms with Crippen LogP contribution in [-0.4, -0.2) is 83.6 Å². The van der Waals surface area contributed by atoms with Crippen LogP contribution in [0.4, 0.5) is 24.8 Å². The highest BCUT2D eigenvalue weighted by molar-refractivity contribution is 6.02. The molecule has 0 spiro atoms. The molecule has 208 valence electrons. The van der Waals surface area contributed by atoms with E-state index in [0.717, 1.165) is 58.4 Å². The fourth-order valence-corrected chi connectivity index (χ4v) is 4.31. The van der Waals surface area contributed by atoms with E-state index in [1.165, 1.54) is 24.4 Å². The summed E-state index contributed by atoms with van der Waals surface area (Å²) < 4.78 is 46.7. The van der Waals surface area contributed by atoms with E-state index in [-0.39, 0.29) is 28.9 Å². The first-order valence-electron chi connectivity index (χ1n) is 12.8. The van der Waals surface area contributed by atoms with Crippen molar-refractivity contribution in [3.05, 3.63) is 65.5 Å². The highest BCUT2D eigenvalue weighted by Gasteiger charge is 2.34. The van der Waals surface area contributed by atoms with Gasteiger partial charge in [0.05, 0.1) is 24.3 Å². The van der Waals surface area contributed by atoms with Crippen LogP contribution in [0, 0.1) is 0 Å². The van der Waals surface area contributed by atoms with Crippen LogP contribution in [0.25, 0.3) is 11.4 Å². The van der Waals surface area contributed by atoms with Crippen LogP contribution >= 0.6 is 0 Å². The van der Waals surface area contributed by atoms with Gasteiger partial charge >= 0.3 is 6.18 Å². The smallest absolute Gasteiger partial charge is 0.383 e. The van der Waals surface area contributed by atoms with Crippen molar-refractivity contribution < 1.29 is 17.9 Å². The number of hydrogen-bond acceptors (Lipinski definition) is 8. The molecule has 0 unspecified atom stereocenters. The number of nitrogens with zero attached hydrogens (tertiary/aromatic N) is 6. The van der Waals surface area contributed by atoms with Crippen molar-refractivity contribution in [2.75, 3.05) is 58.7 Å². The Morgan fingerprint density at radius 3 is 2.62 bits per heavy atom. The van der Waals surface area contributed by atoms with E-state index in [2.05, 4.69) is 36.8 Å². The number of aliphatic imine (C=N–C) groups is 1. The second-order valence-corrected chi connectivity index (χ2v) is 9.38. The number of hydrogen-bond donors (Lipinski definition) is 2. The van der Waals surface area contributed by atoms with Gasteiger partial charge in [0.25, 0.3) is 0 Å². The van der Waals surface area contributed by atoms with Crippen molar-refractivity contribution >= 4 is 17.5 Å². The number of pyridine rings is 1. The first kappa shape index (κ1) is 28.4. The van der Waals surface area contributed by atoms with Gasteiger partial charge in [-0.25, -0.2) is 19.9 Å². The van der Waals surface area contributed by atoms with Gasteiger partial charge in [0.15, 0.2) is 11.6 Å². The molecule has 4 N–H and O–H groups in total. The van der Waals surface area contributed by atoms with E-state index in [9.17, 15) is 13.2 Å². The number of morpholine rings is 1. The number of nitrogen functional groups attached to an aromatic ring is 1. The lowest BCUT2D eigenvalue weighted by molar-refractivity contribution is -0.137. The quantitative estimate of drug-likeness (QED) is 0.296. The van der Waals surface area contributed by atoms with Gasteiger partial charge in [-0.3, -0.25) is 4.90 Å². The van der Waals surface area contributed by atoms with Gasteiger partial charge in [0.1, 0.15) is 11.7 Å². The van der Waals surface area contributed by atoms with Crippen LogP contribution in [0.1, 0.15) is 23.2 Å². The normalized spacial score (nSPS) is 15.2. The van der Waals surface area contributed by atoms with E-state index < -0.39 is 11.7 Å². The van der Waals surface area contributed by atoms with Crippen LogP contribution in [0.15, 0.2) is 53.7 Å². The molecular formula is C27H33F3N8O. The van der Waals surface area contributed by atoms with E-state index in [1.807, 2.05) is 0 Å². The lowest BCUT2D eigenvalue weighted by Crippen LogP contribution is -2.40. The largest absolute Gasteiger partial charge is 0.417 e. The Kier molecular flexibility index (Phi) is 9.44. The zero-order chi connectivity index (χ0) is 27.8. The molecule has 0 saturated carbocycles. The Bertz CT molecular complexity index is 1280. The van der Waals surface area contributed by atoms with Gasteiger partial charge in [0.2, 0.25) is 0 Å². The fourth-order valence-electron chi connectivity index (χ4n) is 4.31. The van der Waals surface area contributed by atoms with Crippen molar-refractivity contribution in [1.82, 2.24) is 24.8 Å².